The van der Waals surface area contributed by atoms with Crippen molar-refractivity contribution in [2.24, 2.45) is 11.7 Å². The molecule has 2 unspecified atom stereocenters. The highest BCUT2D eigenvalue weighted by Crippen LogP contribution is 2.40. The fraction of sp³-hybridized carbons (Fsp3) is 0.452. The van der Waals surface area contributed by atoms with Crippen molar-refractivity contribution in [2.75, 3.05) is 43.7 Å². The van der Waals surface area contributed by atoms with E-state index in [1.807, 2.05) is 0 Å². The molecule has 3 aromatic rings. The molecule has 0 bridgehead atoms. The summed E-state index contributed by atoms with van der Waals surface area (Å²) in [5, 5.41) is 6.93. The van der Waals surface area contributed by atoms with Crippen LogP contribution in [0.25, 0.3) is 10.1 Å². The van der Waals surface area contributed by atoms with E-state index in [0.29, 0.717) is 35.3 Å². The lowest BCUT2D eigenvalue weighted by Crippen LogP contribution is -2.46. The predicted octanol–water partition coefficient (Wildman–Crippen LogP) is 5.66. The number of alkyl halides is 4. The largest absolute Gasteiger partial charge is 0.494 e. The highest BCUT2D eigenvalue weighted by molar-refractivity contribution is 7.20. The molecule has 1 aliphatic heterocycles. The van der Waals surface area contributed by atoms with Gasteiger partial charge in [0.05, 0.1) is 41.7 Å². The monoisotopic (exact) mass is 649 g/mol. The van der Waals surface area contributed by atoms with E-state index >= 15 is 0 Å². The molecule has 14 heteroatoms. The summed E-state index contributed by atoms with van der Waals surface area (Å²) < 4.78 is 66.0. The second kappa shape index (κ2) is 13.9. The number of carbonyl (C=O) groups excluding carboxylic acids is 2. The predicted molar refractivity (Wildman–Crippen MR) is 166 cm³/mol. The number of carbonyl (C=O) groups is 2. The molecule has 2 amide bonds. The molecule has 2 atom stereocenters. The molecule has 9 nitrogen and oxygen atoms in total. The van der Waals surface area contributed by atoms with E-state index in [1.165, 1.54) is 24.3 Å². The van der Waals surface area contributed by atoms with Gasteiger partial charge in [0, 0.05) is 30.1 Å². The van der Waals surface area contributed by atoms with Crippen LogP contribution in [0.2, 0.25) is 0 Å². The lowest BCUT2D eigenvalue weighted by Gasteiger charge is -2.35. The van der Waals surface area contributed by atoms with E-state index in [1.54, 1.807) is 39.0 Å². The quantitative estimate of drug-likeness (QED) is 0.213. The summed E-state index contributed by atoms with van der Waals surface area (Å²) in [7, 11) is 1.36. The number of methoxy groups -OCH3 is 1. The Morgan fingerprint density at radius 3 is 2.67 bits per heavy atom. The minimum Gasteiger partial charge on any atom is -0.494 e. The Bertz CT molecular complexity index is 1610. The summed E-state index contributed by atoms with van der Waals surface area (Å²) in [5.74, 6) is 4.58. The Morgan fingerprint density at radius 2 is 2.02 bits per heavy atom. The van der Waals surface area contributed by atoms with Crippen LogP contribution in [0, 0.1) is 17.8 Å². The lowest BCUT2D eigenvalue weighted by atomic mass is 9.94. The van der Waals surface area contributed by atoms with Crippen molar-refractivity contribution in [2.45, 2.75) is 51.4 Å². The van der Waals surface area contributed by atoms with Crippen LogP contribution in [-0.4, -0.2) is 68.2 Å². The molecule has 3 heterocycles. The Balaban J connectivity index is 1.61. The number of pyridine rings is 1. The van der Waals surface area contributed by atoms with Crippen LogP contribution < -0.4 is 26.0 Å². The van der Waals surface area contributed by atoms with Crippen LogP contribution in [0.5, 0.6) is 5.75 Å². The normalized spacial score (nSPS) is 16.9. The Kier molecular flexibility index (Phi) is 10.4. The molecule has 0 spiro atoms. The molecule has 4 rings (SSSR count). The first kappa shape index (κ1) is 33.8. The third-order valence-electron chi connectivity index (χ3n) is 7.22. The molecule has 1 saturated heterocycles. The average molecular weight is 650 g/mol. The molecular formula is C31H35F4N5O4S. The van der Waals surface area contributed by atoms with E-state index in [-0.39, 0.29) is 39.5 Å². The number of benzene rings is 1. The van der Waals surface area contributed by atoms with Crippen molar-refractivity contribution in [3.63, 3.8) is 0 Å². The van der Waals surface area contributed by atoms with Gasteiger partial charge in [0.15, 0.2) is 6.61 Å². The highest BCUT2D eigenvalue weighted by atomic mass is 32.1. The van der Waals surface area contributed by atoms with Gasteiger partial charge in [-0.15, -0.1) is 11.3 Å². The first-order chi connectivity index (χ1) is 21.2. The van der Waals surface area contributed by atoms with Crippen molar-refractivity contribution in [3.05, 3.63) is 46.6 Å². The van der Waals surface area contributed by atoms with Crippen molar-refractivity contribution in [1.82, 2.24) is 10.3 Å². The molecule has 242 valence electrons. The van der Waals surface area contributed by atoms with Crippen LogP contribution in [0.3, 0.4) is 0 Å². The summed E-state index contributed by atoms with van der Waals surface area (Å²) in [4.78, 5) is 30.3. The van der Waals surface area contributed by atoms with Crippen LogP contribution in [-0.2, 0) is 11.2 Å². The van der Waals surface area contributed by atoms with E-state index in [4.69, 9.17) is 15.2 Å². The second-order valence-corrected chi connectivity index (χ2v) is 12.5. The summed E-state index contributed by atoms with van der Waals surface area (Å²) in [6, 6.07) is 6.19. The lowest BCUT2D eigenvalue weighted by molar-refractivity contribution is -0.126. The van der Waals surface area contributed by atoms with Crippen LogP contribution >= 0.6 is 11.3 Å². The molecule has 0 aliphatic carbocycles. The van der Waals surface area contributed by atoms with Gasteiger partial charge in [-0.1, -0.05) is 24.0 Å². The first-order valence-corrected chi connectivity index (χ1v) is 15.0. The Morgan fingerprint density at radius 1 is 1.27 bits per heavy atom. The van der Waals surface area contributed by atoms with Gasteiger partial charge in [0.2, 0.25) is 0 Å². The molecule has 0 saturated carbocycles. The molecular weight excluding hydrogens is 614 g/mol. The van der Waals surface area contributed by atoms with Gasteiger partial charge in [-0.3, -0.25) is 14.1 Å². The van der Waals surface area contributed by atoms with E-state index in [0.717, 1.165) is 11.3 Å². The number of primary amides is 1. The van der Waals surface area contributed by atoms with Crippen LogP contribution in [0.1, 0.15) is 48.1 Å². The highest BCUT2D eigenvalue weighted by Gasteiger charge is 2.33. The minimum atomic E-state index is -4.49. The number of thiophene rings is 1. The van der Waals surface area contributed by atoms with Crippen molar-refractivity contribution in [1.29, 1.82) is 0 Å². The number of aromatic nitrogens is 1. The number of ether oxygens (including phenoxy) is 2. The fourth-order valence-electron chi connectivity index (χ4n) is 5.14. The summed E-state index contributed by atoms with van der Waals surface area (Å²) in [6.07, 6.45) is -4.55. The maximum atomic E-state index is 13.7. The number of nitrogens with one attached hydrogen (secondary N) is 2. The standard InChI is InChI=1S/C31H35F4N5O4S/c1-30(2,3)40(24-17-38-23(28(36)41)13-25(24)43-4)29(42)44-12-6-9-26-20(14-31(33,34)35)19-7-5-8-22(27(19)45-26)39-21-10-11-37-16-18(21)15-32/h5,7-8,13,17-18,21,37,39H,10-12,14-16H2,1-4H3,(H2,36,41). The minimum absolute atomic E-state index is 0.0269. The topological polar surface area (TPSA) is 119 Å². The van der Waals surface area contributed by atoms with E-state index < -0.39 is 43.4 Å². The van der Waals surface area contributed by atoms with Crippen LogP contribution in [0.15, 0.2) is 30.5 Å². The smallest absolute Gasteiger partial charge is 0.415 e. The zero-order valence-electron chi connectivity index (χ0n) is 25.3. The average Bonchev–Trinajstić information content (AvgIpc) is 3.31. The zero-order chi connectivity index (χ0) is 32.9. The Labute approximate surface area is 262 Å². The third-order valence-corrected chi connectivity index (χ3v) is 8.42. The Hall–Kier alpha value is -4.09. The molecule has 45 heavy (non-hydrogen) atoms. The van der Waals surface area contributed by atoms with Crippen molar-refractivity contribution >= 4 is 44.8 Å². The first-order valence-electron chi connectivity index (χ1n) is 14.2. The van der Waals surface area contributed by atoms with Gasteiger partial charge in [-0.05, 0) is 50.8 Å². The number of hydrogen-bond acceptors (Lipinski definition) is 8. The number of nitrogens with zero attached hydrogens (tertiary/aromatic N) is 2. The third kappa shape index (κ3) is 8.15. The number of rotatable bonds is 8. The molecule has 1 aromatic carbocycles. The molecule has 1 aliphatic rings. The van der Waals surface area contributed by atoms with E-state index in [9.17, 15) is 27.2 Å². The van der Waals surface area contributed by atoms with Gasteiger partial charge >= 0.3 is 12.3 Å². The number of fused-ring (bicyclic) bond motifs is 1. The zero-order valence-corrected chi connectivity index (χ0v) is 26.1. The van der Waals surface area contributed by atoms with Gasteiger partial charge in [0.1, 0.15) is 17.1 Å². The number of amides is 2. The fourth-order valence-corrected chi connectivity index (χ4v) is 6.31. The van der Waals surface area contributed by atoms with Gasteiger partial charge in [-0.2, -0.15) is 13.2 Å². The number of nitrogens with two attached hydrogens (primary N) is 1. The summed E-state index contributed by atoms with van der Waals surface area (Å²) in [5.41, 5.74) is 5.28. The van der Waals surface area contributed by atoms with Crippen molar-refractivity contribution in [3.8, 4) is 17.6 Å². The van der Waals surface area contributed by atoms with E-state index in [2.05, 4.69) is 27.5 Å². The molecule has 0 radical (unpaired) electrons. The van der Waals surface area contributed by atoms with Gasteiger partial charge in [-0.25, -0.2) is 9.78 Å². The number of anilines is 2. The van der Waals surface area contributed by atoms with Crippen LogP contribution in [0.4, 0.5) is 33.7 Å². The number of halogens is 4. The molecule has 2 aromatic heterocycles. The summed E-state index contributed by atoms with van der Waals surface area (Å²) in [6.45, 7) is 5.51. The van der Waals surface area contributed by atoms with Gasteiger partial charge in [0.25, 0.3) is 5.91 Å². The molecule has 1 fully saturated rings. The summed E-state index contributed by atoms with van der Waals surface area (Å²) >= 11 is 1.10. The maximum absolute atomic E-state index is 13.7. The SMILES string of the molecule is COc1cc(C(N)=O)ncc1N(C(=O)OCC#Cc1sc2c(NC3CCNCC3CF)cccc2c1CC(F)(F)F)C(C)(C)C. The second-order valence-electron chi connectivity index (χ2n) is 11.5. The number of piperidine rings is 1. The molecule has 4 N–H and O–H groups in total. The van der Waals surface area contributed by atoms with Gasteiger partial charge < -0.3 is 25.8 Å². The maximum Gasteiger partial charge on any atom is 0.415 e. The number of hydrogen-bond donors (Lipinski definition) is 3. The van der Waals surface area contributed by atoms with Crippen molar-refractivity contribution < 1.29 is 36.6 Å².